The molecule has 674 valence electrons. The van der Waals surface area contributed by atoms with Gasteiger partial charge in [0.2, 0.25) is 41.4 Å². The predicted molar refractivity (Wildman–Crippen MR) is 463 cm³/mol. The molecule has 0 radical (unpaired) electrons. The number of carboxylic acids is 1. The quantitative estimate of drug-likeness (QED) is 0.0156. The van der Waals surface area contributed by atoms with E-state index in [4.69, 9.17) is 34.2 Å². The number of likely N-dealkylation sites (tertiary alicyclic amines) is 2. The van der Waals surface area contributed by atoms with E-state index in [1.165, 1.54) is 61.3 Å². The fourth-order valence-corrected chi connectivity index (χ4v) is 14.7. The van der Waals surface area contributed by atoms with E-state index >= 15 is 19.2 Å². The van der Waals surface area contributed by atoms with E-state index in [-0.39, 0.29) is 58.4 Å². The second-order valence-electron chi connectivity index (χ2n) is 36.1. The molecule has 10 rings (SSSR count). The third kappa shape index (κ3) is 24.7. The lowest BCUT2D eigenvalue weighted by Crippen LogP contribution is -2.61. The Bertz CT molecular complexity index is 5280. The molecule has 1 unspecified atom stereocenters. The number of amides is 9. The van der Waals surface area contributed by atoms with Gasteiger partial charge in [-0.15, -0.1) is 10.2 Å². The molecule has 8 N–H and O–H groups in total. The first-order valence-electron chi connectivity index (χ1n) is 41.7. The number of carbonyl (C=O) groups is 12. The molecule has 126 heavy (non-hydrogen) atoms. The lowest BCUT2D eigenvalue weighted by molar-refractivity contribution is -0.146. The molecule has 35 nitrogen and oxygen atoms in total. The van der Waals surface area contributed by atoms with Crippen LogP contribution in [0.25, 0.3) is 21.5 Å². The largest absolute Gasteiger partial charge is 0.487 e. The number of methoxy groups -OCH3 is 2. The van der Waals surface area contributed by atoms with Crippen molar-refractivity contribution in [2.45, 2.75) is 226 Å². The molecule has 35 heteroatoms. The lowest BCUT2D eigenvalue weighted by Gasteiger charge is -2.37. The van der Waals surface area contributed by atoms with Gasteiger partial charge < -0.3 is 75.6 Å². The summed E-state index contributed by atoms with van der Waals surface area (Å²) in [6, 6.07) is 25.2. The van der Waals surface area contributed by atoms with Crippen LogP contribution in [0.3, 0.4) is 0 Å². The van der Waals surface area contributed by atoms with Gasteiger partial charge in [-0.25, -0.2) is 28.5 Å². The minimum atomic E-state index is -1.42. The predicted octanol–water partition coefficient (Wildman–Crippen LogP) is 7.80. The number of nitrogens with two attached hydrogens (primary N) is 1. The zero-order valence-electron chi connectivity index (χ0n) is 74.5. The SMILES string of the molecule is COC(=O)[C@H](Cc1ccc(OCc2cn([C@H]3C[C@@H](C(=O)N[C@@H](Cc4ccc5ccccc5c4)C(=O)O)N(C(=O)[C@@H](NC(=O)[C@H](C)N(C)C(=O)OC(C)(C)C)C(C)(C)C)C3)nn2)cc1)NC(=O)C(Cc1ccc2ccccc2c1)NC(=O)[C@@H]1C[C@H](n2cc(COc3ccc([C@H](N)C(=O)OC)cc3)nn2)CN1C(=O)[C@@H](NC(=O)[C@H](C)N(C)C(=O)OC(C)(C)C)C(C)(C)C. The van der Waals surface area contributed by atoms with Crippen molar-refractivity contribution in [2.24, 2.45) is 16.6 Å². The van der Waals surface area contributed by atoms with Crippen LogP contribution >= 0.6 is 0 Å². The molecule has 12 atom stereocenters. The molecule has 4 heterocycles. The summed E-state index contributed by atoms with van der Waals surface area (Å²) in [5, 5.41) is 45.9. The van der Waals surface area contributed by atoms with Gasteiger partial charge in [-0.2, -0.15) is 0 Å². The first-order chi connectivity index (χ1) is 59.3. The van der Waals surface area contributed by atoms with Gasteiger partial charge in [-0.3, -0.25) is 48.2 Å². The van der Waals surface area contributed by atoms with E-state index in [9.17, 15) is 43.5 Å². The number of nitrogens with zero attached hydrogens (tertiary/aromatic N) is 10. The zero-order valence-corrected chi connectivity index (χ0v) is 74.5. The molecular weight excluding hydrogens is 1620 g/mol. The van der Waals surface area contributed by atoms with Crippen molar-refractivity contribution >= 4 is 93.0 Å². The molecule has 2 saturated heterocycles. The summed E-state index contributed by atoms with van der Waals surface area (Å²) in [6.45, 7) is 23.0. The number of aromatic nitrogens is 6. The van der Waals surface area contributed by atoms with Crippen molar-refractivity contribution in [3.05, 3.63) is 179 Å². The zero-order chi connectivity index (χ0) is 92.2. The number of nitrogens with one attached hydrogen (secondary N) is 5. The average Bonchev–Trinajstić information content (AvgIpc) is 1.63. The van der Waals surface area contributed by atoms with Crippen molar-refractivity contribution < 1.29 is 91.1 Å². The summed E-state index contributed by atoms with van der Waals surface area (Å²) in [4.78, 5) is 175. The highest BCUT2D eigenvalue weighted by Crippen LogP contribution is 2.35. The van der Waals surface area contributed by atoms with E-state index < -0.39 is 166 Å². The fourth-order valence-electron chi connectivity index (χ4n) is 14.7. The Morgan fingerprint density at radius 1 is 0.476 bits per heavy atom. The van der Waals surface area contributed by atoms with E-state index in [0.717, 1.165) is 31.3 Å². The Balaban J connectivity index is 0.864. The van der Waals surface area contributed by atoms with Crippen molar-refractivity contribution in [2.75, 3.05) is 41.4 Å². The number of hydrogen-bond donors (Lipinski definition) is 7. The number of aliphatic carboxylic acids is 1. The van der Waals surface area contributed by atoms with Gasteiger partial charge in [0, 0.05) is 59.3 Å². The van der Waals surface area contributed by atoms with Crippen molar-refractivity contribution in [1.82, 2.24) is 76.2 Å². The average molecular weight is 1740 g/mol. The third-order valence-electron chi connectivity index (χ3n) is 22.1. The van der Waals surface area contributed by atoms with Crippen LogP contribution in [0, 0.1) is 10.8 Å². The molecule has 8 aromatic rings. The third-order valence-corrected chi connectivity index (χ3v) is 22.1. The molecule has 0 bridgehead atoms. The van der Waals surface area contributed by atoms with Gasteiger partial charge in [0.25, 0.3) is 0 Å². The van der Waals surface area contributed by atoms with Gasteiger partial charge in [-0.05, 0) is 134 Å². The van der Waals surface area contributed by atoms with E-state index in [1.54, 1.807) is 150 Å². The summed E-state index contributed by atoms with van der Waals surface area (Å²) >= 11 is 0. The Kier molecular flexibility index (Phi) is 30.4. The number of benzene rings is 6. The molecule has 2 aliphatic heterocycles. The van der Waals surface area contributed by atoms with Crippen LogP contribution in [0.1, 0.15) is 162 Å². The molecule has 0 spiro atoms. The summed E-state index contributed by atoms with van der Waals surface area (Å²) in [7, 11) is 5.21. The van der Waals surface area contributed by atoms with Crippen LogP contribution < -0.4 is 41.8 Å². The summed E-state index contributed by atoms with van der Waals surface area (Å²) < 4.78 is 36.4. The molecule has 2 fully saturated rings. The molecule has 6 aromatic carbocycles. The lowest BCUT2D eigenvalue weighted by atomic mass is 9.85. The highest BCUT2D eigenvalue weighted by atomic mass is 16.6. The monoisotopic (exact) mass is 1740 g/mol. The van der Waals surface area contributed by atoms with Gasteiger partial charge >= 0.3 is 30.1 Å². The molecule has 2 aromatic heterocycles. The van der Waals surface area contributed by atoms with Gasteiger partial charge in [0.05, 0.1) is 38.7 Å². The maximum atomic E-state index is 15.5. The number of ether oxygens (including phenoxy) is 6. The van der Waals surface area contributed by atoms with Crippen molar-refractivity contribution in [3.8, 4) is 11.5 Å². The number of fused-ring (bicyclic) bond motifs is 2. The van der Waals surface area contributed by atoms with Gasteiger partial charge in [0.1, 0.15) is 108 Å². The van der Waals surface area contributed by atoms with Gasteiger partial charge in [-0.1, -0.05) is 161 Å². The molecule has 2 aliphatic rings. The number of carbonyl (C=O) groups excluding carboxylic acids is 11. The summed E-state index contributed by atoms with van der Waals surface area (Å²) in [5.74, 6) is -7.01. The number of hydrogen-bond acceptors (Lipinski definition) is 23. The summed E-state index contributed by atoms with van der Waals surface area (Å²) in [5.41, 5.74) is 5.26. The Labute approximate surface area is 731 Å². The first-order valence-corrected chi connectivity index (χ1v) is 41.7. The smallest absolute Gasteiger partial charge is 0.410 e. The number of likely N-dealkylation sites (N-methyl/N-ethyl adjacent to an activating group) is 2. The number of esters is 2. The van der Waals surface area contributed by atoms with Gasteiger partial charge in [0.15, 0.2) is 0 Å². The van der Waals surface area contributed by atoms with E-state index in [1.807, 2.05) is 78.9 Å². The maximum absolute atomic E-state index is 15.5. The number of carboxylic acid groups (broad SMARTS) is 1. The molecule has 0 saturated carbocycles. The van der Waals surface area contributed by atoms with Crippen molar-refractivity contribution in [3.63, 3.8) is 0 Å². The Morgan fingerprint density at radius 3 is 1.25 bits per heavy atom. The highest BCUT2D eigenvalue weighted by molar-refractivity contribution is 5.98. The first kappa shape index (κ1) is 95.2. The molecule has 9 amide bonds. The van der Waals surface area contributed by atoms with Crippen LogP contribution in [0.15, 0.2) is 146 Å². The number of rotatable bonds is 32. The summed E-state index contributed by atoms with van der Waals surface area (Å²) in [6.07, 6.45) is 1.18. The Morgan fingerprint density at radius 2 is 0.857 bits per heavy atom. The van der Waals surface area contributed by atoms with Crippen LogP contribution in [-0.2, 0) is 99.4 Å². The second kappa shape index (κ2) is 40.3. The standard InChI is InChI=1S/C91H116N16O19/c1-52(102(15)86(119)125-90(9,10)11)76(108)96-74(88(3,4)5)81(113)104-48-64(106-47-63(99-101-106)51-124-67-37-33-59(34-38-67)73(92)85(118)122-18)44-71(104)79(111)93-68(42-55-27-31-57-23-19-21-25-60(57)39-55)78(110)95-70(84(117)121-17)41-54-29-35-66(36-30-54)123-50-62-46-107(100-98-62)65-45-72(80(112)94-69(83(115)116)43-56-28-32-58-24-20-22-26-61(58)40-56)105(49-65)82(114)75(89(6,7)8)97-77(109)53(2)103(16)87(120)126-91(12,13)14/h19-40,46-47,52-53,64-65,68-75H,41-45,48-51,92H2,1-18H3,(H,93,111)(H,94,112)(H,95,110)(H,96,108)(H,97,109)(H,115,116)/t52-,53-,64-,65-,68?,69-,70-,71-,72-,73-,74+,75+/m0/s1. The highest BCUT2D eigenvalue weighted by Gasteiger charge is 2.50. The van der Waals surface area contributed by atoms with Crippen LogP contribution in [0.5, 0.6) is 11.5 Å². The fraction of sp³-hybridized carbons (Fsp3) is 0.473. The van der Waals surface area contributed by atoms with Crippen LogP contribution in [0.2, 0.25) is 0 Å². The molecule has 0 aliphatic carbocycles. The van der Waals surface area contributed by atoms with E-state index in [2.05, 4.69) is 47.2 Å². The second-order valence-corrected chi connectivity index (χ2v) is 36.1. The van der Waals surface area contributed by atoms with E-state index in [0.29, 0.717) is 45.1 Å². The normalized spacial score (nSPS) is 17.3. The maximum Gasteiger partial charge on any atom is 0.410 e. The van der Waals surface area contributed by atoms with Crippen LogP contribution in [0.4, 0.5) is 9.59 Å². The van der Waals surface area contributed by atoms with Crippen molar-refractivity contribution in [1.29, 1.82) is 0 Å². The minimum absolute atomic E-state index is 0.0609. The molecular formula is C91H116N16O19. The topological polar surface area (TPSA) is 441 Å². The minimum Gasteiger partial charge on any atom is -0.487 e. The van der Waals surface area contributed by atoms with Crippen LogP contribution in [-0.4, -0.2) is 233 Å². The Hall–Kier alpha value is -13.1.